The third kappa shape index (κ3) is 3.07. The second-order valence-corrected chi connectivity index (χ2v) is 5.50. The van der Waals surface area contributed by atoms with Crippen LogP contribution in [0.2, 0.25) is 0 Å². The van der Waals surface area contributed by atoms with E-state index < -0.39 is 0 Å². The van der Waals surface area contributed by atoms with Crippen molar-refractivity contribution < 1.29 is 4.39 Å². The molecule has 0 saturated heterocycles. The molecule has 106 valence electrons. The molecular formula is C14H16BrFN4. The summed E-state index contributed by atoms with van der Waals surface area (Å²) in [6.45, 7) is 4.12. The van der Waals surface area contributed by atoms with E-state index in [1.807, 2.05) is 7.05 Å². The van der Waals surface area contributed by atoms with Gasteiger partial charge in [-0.2, -0.15) is 0 Å². The van der Waals surface area contributed by atoms with Crippen molar-refractivity contribution in [2.24, 2.45) is 0 Å². The van der Waals surface area contributed by atoms with Crippen molar-refractivity contribution in [1.29, 1.82) is 0 Å². The van der Waals surface area contributed by atoms with Crippen LogP contribution < -0.4 is 10.6 Å². The summed E-state index contributed by atoms with van der Waals surface area (Å²) < 4.78 is 14.0. The standard InChI is InChI=1S/C14H16BrFN4/c1-8(2)12-13(17-3)18-7-19-14(12)20-9-4-5-10(15)11(16)6-9/h4-8H,1-3H3,(H2,17,18,19,20). The number of hydrogen-bond acceptors (Lipinski definition) is 4. The highest BCUT2D eigenvalue weighted by molar-refractivity contribution is 9.10. The highest BCUT2D eigenvalue weighted by Crippen LogP contribution is 2.30. The molecule has 1 heterocycles. The SMILES string of the molecule is CNc1ncnc(Nc2ccc(Br)c(F)c2)c1C(C)C. The minimum atomic E-state index is -0.316. The Kier molecular flexibility index (Phi) is 4.54. The summed E-state index contributed by atoms with van der Waals surface area (Å²) in [5.74, 6) is 1.38. The smallest absolute Gasteiger partial charge is 0.139 e. The first-order valence-corrected chi connectivity index (χ1v) is 7.07. The van der Waals surface area contributed by atoms with Gasteiger partial charge < -0.3 is 10.6 Å². The van der Waals surface area contributed by atoms with Crippen molar-refractivity contribution in [3.8, 4) is 0 Å². The third-order valence-electron chi connectivity index (χ3n) is 2.88. The van der Waals surface area contributed by atoms with Gasteiger partial charge in [0.15, 0.2) is 0 Å². The van der Waals surface area contributed by atoms with E-state index in [1.54, 1.807) is 12.1 Å². The van der Waals surface area contributed by atoms with E-state index in [0.717, 1.165) is 11.4 Å². The van der Waals surface area contributed by atoms with Gasteiger partial charge in [-0.3, -0.25) is 0 Å². The fraction of sp³-hybridized carbons (Fsp3) is 0.286. The zero-order valence-corrected chi connectivity index (χ0v) is 13.1. The lowest BCUT2D eigenvalue weighted by molar-refractivity contribution is 0.622. The van der Waals surface area contributed by atoms with E-state index in [1.165, 1.54) is 12.4 Å². The van der Waals surface area contributed by atoms with Crippen molar-refractivity contribution >= 4 is 33.3 Å². The Hall–Kier alpha value is -1.69. The highest BCUT2D eigenvalue weighted by atomic mass is 79.9. The number of benzene rings is 1. The molecule has 1 aromatic carbocycles. The number of hydrogen-bond donors (Lipinski definition) is 2. The molecule has 4 nitrogen and oxygen atoms in total. The number of rotatable bonds is 4. The molecule has 6 heteroatoms. The van der Waals surface area contributed by atoms with Crippen molar-refractivity contribution in [1.82, 2.24) is 9.97 Å². The summed E-state index contributed by atoms with van der Waals surface area (Å²) in [5, 5.41) is 6.20. The van der Waals surface area contributed by atoms with Crippen LogP contribution >= 0.6 is 15.9 Å². The minimum Gasteiger partial charge on any atom is -0.373 e. The molecule has 0 fully saturated rings. The molecule has 0 saturated carbocycles. The molecule has 0 atom stereocenters. The molecule has 20 heavy (non-hydrogen) atoms. The maximum Gasteiger partial charge on any atom is 0.139 e. The van der Waals surface area contributed by atoms with Crippen LogP contribution in [0.25, 0.3) is 0 Å². The maximum atomic E-state index is 13.6. The quantitative estimate of drug-likeness (QED) is 0.873. The fourth-order valence-corrected chi connectivity index (χ4v) is 2.20. The molecule has 1 aromatic heterocycles. The summed E-state index contributed by atoms with van der Waals surface area (Å²) in [6.07, 6.45) is 1.48. The van der Waals surface area contributed by atoms with Crippen molar-refractivity contribution in [2.75, 3.05) is 17.7 Å². The molecule has 0 unspecified atom stereocenters. The Balaban J connectivity index is 2.40. The van der Waals surface area contributed by atoms with E-state index in [4.69, 9.17) is 0 Å². The van der Waals surface area contributed by atoms with Crippen LogP contribution in [0.5, 0.6) is 0 Å². The van der Waals surface area contributed by atoms with Gasteiger partial charge in [0.2, 0.25) is 0 Å². The molecule has 2 aromatic rings. The number of nitrogens with zero attached hydrogens (tertiary/aromatic N) is 2. The molecule has 0 amide bonds. The average molecular weight is 339 g/mol. The lowest BCUT2D eigenvalue weighted by Gasteiger charge is -2.16. The van der Waals surface area contributed by atoms with E-state index in [0.29, 0.717) is 16.0 Å². The van der Waals surface area contributed by atoms with E-state index in [9.17, 15) is 4.39 Å². The van der Waals surface area contributed by atoms with E-state index in [-0.39, 0.29) is 11.7 Å². The molecule has 0 aliphatic carbocycles. The lowest BCUT2D eigenvalue weighted by Crippen LogP contribution is -2.07. The van der Waals surface area contributed by atoms with Gasteiger partial charge in [0.1, 0.15) is 23.8 Å². The number of nitrogens with one attached hydrogen (secondary N) is 2. The Morgan fingerprint density at radius 1 is 1.20 bits per heavy atom. The van der Waals surface area contributed by atoms with Crippen LogP contribution in [0.4, 0.5) is 21.7 Å². The van der Waals surface area contributed by atoms with Crippen LogP contribution in [0.15, 0.2) is 29.0 Å². The first-order valence-electron chi connectivity index (χ1n) is 6.27. The normalized spacial score (nSPS) is 10.7. The van der Waals surface area contributed by atoms with E-state index in [2.05, 4.69) is 50.4 Å². The number of anilines is 3. The van der Waals surface area contributed by atoms with Crippen LogP contribution in [0, 0.1) is 5.82 Å². The lowest BCUT2D eigenvalue weighted by atomic mass is 10.0. The van der Waals surface area contributed by atoms with Gasteiger partial charge in [-0.05, 0) is 40.0 Å². The van der Waals surface area contributed by atoms with Gasteiger partial charge in [-0.15, -0.1) is 0 Å². The van der Waals surface area contributed by atoms with Crippen LogP contribution in [0.3, 0.4) is 0 Å². The Bertz CT molecular complexity index is 616. The van der Waals surface area contributed by atoms with Crippen LogP contribution in [-0.2, 0) is 0 Å². The second-order valence-electron chi connectivity index (χ2n) is 4.64. The molecule has 2 rings (SSSR count). The Morgan fingerprint density at radius 2 is 1.90 bits per heavy atom. The van der Waals surface area contributed by atoms with Gasteiger partial charge in [0.25, 0.3) is 0 Å². The number of aromatic nitrogens is 2. The summed E-state index contributed by atoms with van der Waals surface area (Å²) in [4.78, 5) is 8.47. The second kappa shape index (κ2) is 6.17. The first kappa shape index (κ1) is 14.7. The van der Waals surface area contributed by atoms with Crippen molar-refractivity contribution in [2.45, 2.75) is 19.8 Å². The predicted molar refractivity (Wildman–Crippen MR) is 83.1 cm³/mol. The molecule has 0 radical (unpaired) electrons. The predicted octanol–water partition coefficient (Wildman–Crippen LogP) is 4.29. The van der Waals surface area contributed by atoms with E-state index >= 15 is 0 Å². The summed E-state index contributed by atoms with van der Waals surface area (Å²) in [7, 11) is 1.82. The zero-order valence-electron chi connectivity index (χ0n) is 11.5. The maximum absolute atomic E-state index is 13.6. The highest BCUT2D eigenvalue weighted by Gasteiger charge is 2.14. The first-order chi connectivity index (χ1) is 9.52. The molecule has 0 spiro atoms. The van der Waals surface area contributed by atoms with Gasteiger partial charge in [0.05, 0.1) is 4.47 Å². The third-order valence-corrected chi connectivity index (χ3v) is 3.52. The number of halogens is 2. The molecular weight excluding hydrogens is 323 g/mol. The topological polar surface area (TPSA) is 49.8 Å². The van der Waals surface area contributed by atoms with Crippen molar-refractivity contribution in [3.05, 3.63) is 40.4 Å². The van der Waals surface area contributed by atoms with Gasteiger partial charge in [-0.25, -0.2) is 14.4 Å². The molecule has 2 N–H and O–H groups in total. The minimum absolute atomic E-state index is 0.237. The van der Waals surface area contributed by atoms with Crippen LogP contribution in [-0.4, -0.2) is 17.0 Å². The van der Waals surface area contributed by atoms with Gasteiger partial charge in [-0.1, -0.05) is 13.8 Å². The van der Waals surface area contributed by atoms with Gasteiger partial charge in [0, 0.05) is 18.3 Å². The van der Waals surface area contributed by atoms with Crippen LogP contribution in [0.1, 0.15) is 25.3 Å². The molecule has 0 aliphatic rings. The summed E-state index contributed by atoms with van der Waals surface area (Å²) >= 11 is 3.14. The van der Waals surface area contributed by atoms with Crippen molar-refractivity contribution in [3.63, 3.8) is 0 Å². The monoisotopic (exact) mass is 338 g/mol. The molecule has 0 aliphatic heterocycles. The zero-order chi connectivity index (χ0) is 14.7. The summed E-state index contributed by atoms with van der Waals surface area (Å²) in [6, 6.07) is 4.88. The molecule has 0 bridgehead atoms. The average Bonchev–Trinajstić information content (AvgIpc) is 2.42. The largest absolute Gasteiger partial charge is 0.373 e. The Morgan fingerprint density at radius 3 is 2.50 bits per heavy atom. The van der Waals surface area contributed by atoms with Gasteiger partial charge >= 0.3 is 0 Å². The summed E-state index contributed by atoms with van der Waals surface area (Å²) in [5.41, 5.74) is 1.62. The Labute approximate surface area is 126 Å². The fourth-order valence-electron chi connectivity index (χ4n) is 1.95.